The van der Waals surface area contributed by atoms with Crippen LogP contribution in [-0.4, -0.2) is 25.0 Å². The van der Waals surface area contributed by atoms with E-state index in [1.165, 1.54) is 0 Å². The Hall–Kier alpha value is -3.47. The molecule has 0 bridgehead atoms. The van der Waals surface area contributed by atoms with Crippen LogP contribution in [0.2, 0.25) is 0 Å². The van der Waals surface area contributed by atoms with Crippen LogP contribution in [0.3, 0.4) is 0 Å². The summed E-state index contributed by atoms with van der Waals surface area (Å²) < 4.78 is 1.62. The summed E-state index contributed by atoms with van der Waals surface area (Å²) in [5, 5.41) is 16.8. The molecule has 4 N–H and O–H groups in total. The maximum atomic E-state index is 9.18. The van der Waals surface area contributed by atoms with Crippen molar-refractivity contribution in [3.8, 4) is 23.0 Å². The summed E-state index contributed by atoms with van der Waals surface area (Å²) in [4.78, 5) is 7.89. The van der Waals surface area contributed by atoms with Crippen molar-refractivity contribution < 1.29 is 0 Å². The van der Waals surface area contributed by atoms with Gasteiger partial charge in [0.25, 0.3) is 0 Å². The zero-order valence-electron chi connectivity index (χ0n) is 10.8. The lowest BCUT2D eigenvalue weighted by molar-refractivity contribution is 0.803. The molecule has 1 aromatic carbocycles. The number of hydrogen-bond acceptors (Lipinski definition) is 7. The molecule has 0 atom stereocenters. The second kappa shape index (κ2) is 4.90. The van der Waals surface area contributed by atoms with Crippen molar-refractivity contribution in [1.29, 1.82) is 5.26 Å². The van der Waals surface area contributed by atoms with Crippen molar-refractivity contribution in [2.75, 3.05) is 11.5 Å². The molecule has 0 spiro atoms. The average Bonchev–Trinajstić information content (AvgIpc) is 3.01. The Morgan fingerprint density at radius 3 is 2.48 bits per heavy atom. The zero-order chi connectivity index (χ0) is 14.8. The maximum absolute atomic E-state index is 9.18. The van der Waals surface area contributed by atoms with Gasteiger partial charge in [-0.05, 0) is 12.1 Å². The highest BCUT2D eigenvalue weighted by Crippen LogP contribution is 2.25. The Morgan fingerprint density at radius 1 is 1.10 bits per heavy atom. The topological polar surface area (TPSA) is 132 Å². The van der Waals surface area contributed by atoms with Gasteiger partial charge in [-0.2, -0.15) is 10.2 Å². The smallest absolute Gasteiger partial charge is 0.222 e. The number of nitrogens with zero attached hydrogens (tertiary/aromatic N) is 6. The highest BCUT2D eigenvalue weighted by atomic mass is 15.4. The molecular formula is C13H10N8. The third-order valence-electron chi connectivity index (χ3n) is 2.89. The third kappa shape index (κ3) is 2.23. The summed E-state index contributed by atoms with van der Waals surface area (Å²) in [6.45, 7) is 0. The second-order valence-electron chi connectivity index (χ2n) is 4.20. The normalized spacial score (nSPS) is 10.2. The van der Waals surface area contributed by atoms with Crippen molar-refractivity contribution in [2.24, 2.45) is 0 Å². The van der Waals surface area contributed by atoms with E-state index in [4.69, 9.17) is 11.5 Å². The Bertz CT molecular complexity index is 815. The van der Waals surface area contributed by atoms with Crippen molar-refractivity contribution in [3.05, 3.63) is 42.2 Å². The fourth-order valence-corrected chi connectivity index (χ4v) is 1.93. The van der Waals surface area contributed by atoms with Gasteiger partial charge >= 0.3 is 0 Å². The second-order valence-corrected chi connectivity index (χ2v) is 4.20. The number of nitrogens with two attached hydrogens (primary N) is 2. The highest BCUT2D eigenvalue weighted by Gasteiger charge is 2.13. The van der Waals surface area contributed by atoms with E-state index in [0.717, 1.165) is 11.3 Å². The molecule has 0 aliphatic rings. The van der Waals surface area contributed by atoms with Gasteiger partial charge in [-0.15, -0.1) is 5.10 Å². The van der Waals surface area contributed by atoms with Crippen LogP contribution in [0, 0.1) is 11.3 Å². The molecule has 2 heterocycles. The molecule has 3 aromatic rings. The van der Waals surface area contributed by atoms with Crippen LogP contribution in [0.25, 0.3) is 16.9 Å². The van der Waals surface area contributed by atoms with Crippen LogP contribution < -0.4 is 11.5 Å². The molecular weight excluding hydrogens is 268 g/mol. The van der Waals surface area contributed by atoms with Gasteiger partial charge in [0.2, 0.25) is 5.95 Å². The SMILES string of the molecule is N#Cc1c(N)nc(N)nc1-c1ccc(-n2ccnn2)cc1. The lowest BCUT2D eigenvalue weighted by atomic mass is 10.1. The van der Waals surface area contributed by atoms with E-state index < -0.39 is 0 Å². The van der Waals surface area contributed by atoms with Gasteiger partial charge < -0.3 is 11.5 Å². The summed E-state index contributed by atoms with van der Waals surface area (Å²) in [5.74, 6) is 0.0993. The highest BCUT2D eigenvalue weighted by molar-refractivity contribution is 5.73. The molecule has 8 heteroatoms. The number of nitrogen functional groups attached to an aromatic ring is 2. The van der Waals surface area contributed by atoms with Crippen molar-refractivity contribution in [2.45, 2.75) is 0 Å². The van der Waals surface area contributed by atoms with E-state index >= 15 is 0 Å². The van der Waals surface area contributed by atoms with Gasteiger partial charge in [0.15, 0.2) is 0 Å². The first-order valence-electron chi connectivity index (χ1n) is 5.99. The van der Waals surface area contributed by atoms with Crippen molar-refractivity contribution in [1.82, 2.24) is 25.0 Å². The van der Waals surface area contributed by atoms with Crippen LogP contribution in [0.4, 0.5) is 11.8 Å². The molecule has 2 aromatic heterocycles. The fraction of sp³-hybridized carbons (Fsp3) is 0. The van der Waals surface area contributed by atoms with E-state index in [-0.39, 0.29) is 17.3 Å². The number of aromatic nitrogens is 5. The Kier molecular flexibility index (Phi) is 2.93. The largest absolute Gasteiger partial charge is 0.382 e. The Balaban J connectivity index is 2.08. The number of benzene rings is 1. The fourth-order valence-electron chi connectivity index (χ4n) is 1.93. The van der Waals surface area contributed by atoms with Gasteiger partial charge in [-0.25, -0.2) is 9.67 Å². The molecule has 0 aliphatic carbocycles. The van der Waals surface area contributed by atoms with Crippen LogP contribution in [0.15, 0.2) is 36.7 Å². The molecule has 8 nitrogen and oxygen atoms in total. The molecule has 0 fully saturated rings. The molecule has 3 rings (SSSR count). The van der Waals surface area contributed by atoms with Gasteiger partial charge in [-0.1, -0.05) is 17.3 Å². The summed E-state index contributed by atoms with van der Waals surface area (Å²) in [6.07, 6.45) is 3.32. The molecule has 0 radical (unpaired) electrons. The molecule has 0 saturated heterocycles. The monoisotopic (exact) mass is 278 g/mol. The quantitative estimate of drug-likeness (QED) is 0.707. The number of rotatable bonds is 2. The molecule has 0 amide bonds. The van der Waals surface area contributed by atoms with E-state index in [1.54, 1.807) is 29.2 Å². The lowest BCUT2D eigenvalue weighted by Gasteiger charge is -2.07. The van der Waals surface area contributed by atoms with E-state index in [1.807, 2.05) is 18.2 Å². The molecule has 102 valence electrons. The van der Waals surface area contributed by atoms with Gasteiger partial charge in [0.05, 0.1) is 23.8 Å². The summed E-state index contributed by atoms with van der Waals surface area (Å²) in [7, 11) is 0. The van der Waals surface area contributed by atoms with Crippen LogP contribution in [0.1, 0.15) is 5.56 Å². The van der Waals surface area contributed by atoms with E-state index in [9.17, 15) is 5.26 Å². The Labute approximate surface area is 119 Å². The van der Waals surface area contributed by atoms with Crippen molar-refractivity contribution >= 4 is 11.8 Å². The summed E-state index contributed by atoms with van der Waals surface area (Å²) in [6, 6.07) is 9.27. The predicted molar refractivity (Wildman–Crippen MR) is 75.9 cm³/mol. The molecule has 0 aliphatic heterocycles. The first kappa shape index (κ1) is 12.6. The predicted octanol–water partition coefficient (Wildman–Crippen LogP) is 0.760. The minimum Gasteiger partial charge on any atom is -0.382 e. The number of anilines is 2. The number of nitriles is 1. The lowest BCUT2D eigenvalue weighted by Crippen LogP contribution is -2.05. The molecule has 0 saturated carbocycles. The summed E-state index contributed by atoms with van der Waals surface area (Å²) >= 11 is 0. The maximum Gasteiger partial charge on any atom is 0.222 e. The van der Waals surface area contributed by atoms with Gasteiger partial charge in [0, 0.05) is 5.56 Å². The van der Waals surface area contributed by atoms with Crippen LogP contribution in [-0.2, 0) is 0 Å². The van der Waals surface area contributed by atoms with Crippen LogP contribution in [0.5, 0.6) is 0 Å². The minimum absolute atomic E-state index is 0.0295. The van der Waals surface area contributed by atoms with Gasteiger partial charge in [-0.3, -0.25) is 0 Å². The van der Waals surface area contributed by atoms with Gasteiger partial charge in [0.1, 0.15) is 17.5 Å². The summed E-state index contributed by atoms with van der Waals surface area (Å²) in [5.41, 5.74) is 13.5. The van der Waals surface area contributed by atoms with Crippen LogP contribution >= 0.6 is 0 Å². The van der Waals surface area contributed by atoms with E-state index in [0.29, 0.717) is 5.69 Å². The first-order valence-corrected chi connectivity index (χ1v) is 5.99. The van der Waals surface area contributed by atoms with Crippen molar-refractivity contribution in [3.63, 3.8) is 0 Å². The molecule has 21 heavy (non-hydrogen) atoms. The third-order valence-corrected chi connectivity index (χ3v) is 2.89. The van der Waals surface area contributed by atoms with E-state index in [2.05, 4.69) is 20.3 Å². The Morgan fingerprint density at radius 2 is 1.86 bits per heavy atom. The molecule has 0 unspecified atom stereocenters. The number of hydrogen-bond donors (Lipinski definition) is 2. The minimum atomic E-state index is 0.0295. The first-order chi connectivity index (χ1) is 10.2. The average molecular weight is 278 g/mol. The zero-order valence-corrected chi connectivity index (χ0v) is 10.8. The standard InChI is InChI=1S/C13H10N8/c14-7-10-11(18-13(16)19-12(10)15)8-1-3-9(4-2-8)21-6-5-17-20-21/h1-6H,(H4,15,16,18,19).